The van der Waals surface area contributed by atoms with Crippen molar-refractivity contribution < 1.29 is 17.9 Å². The van der Waals surface area contributed by atoms with E-state index >= 15 is 0 Å². The molecule has 0 fully saturated rings. The van der Waals surface area contributed by atoms with Crippen LogP contribution in [0, 0.1) is 0 Å². The third-order valence-electron chi connectivity index (χ3n) is 2.77. The smallest absolute Gasteiger partial charge is 0.370 e. The highest BCUT2D eigenvalue weighted by molar-refractivity contribution is 4.95. The lowest BCUT2D eigenvalue weighted by Crippen LogP contribution is -2.37. The van der Waals surface area contributed by atoms with Crippen molar-refractivity contribution in [3.63, 3.8) is 0 Å². The summed E-state index contributed by atoms with van der Waals surface area (Å²) in [7, 11) is 0. The Morgan fingerprint density at radius 2 is 2.15 bits per heavy atom. The molecule has 1 heterocycles. The maximum absolute atomic E-state index is 12.1. The number of aryl methyl sites for hydroxylation is 1. The summed E-state index contributed by atoms with van der Waals surface area (Å²) in [5.74, 6) is 0.869. The van der Waals surface area contributed by atoms with Gasteiger partial charge in [-0.3, -0.25) is 0 Å². The number of ether oxygens (including phenoxy) is 1. The Hall–Kier alpha value is -1.08. The molecular weight excluding hydrogens is 271 g/mol. The summed E-state index contributed by atoms with van der Waals surface area (Å²) in [6, 6.07) is -0.166. The second kappa shape index (κ2) is 8.26. The van der Waals surface area contributed by atoms with Crippen LogP contribution in [0.1, 0.15) is 26.1 Å². The topological polar surface area (TPSA) is 39.1 Å². The fraction of sp³-hybridized carbons (Fsp3) is 0.769. The molecule has 1 aromatic rings. The van der Waals surface area contributed by atoms with Crippen LogP contribution in [0.3, 0.4) is 0 Å². The molecule has 20 heavy (non-hydrogen) atoms. The molecule has 0 aliphatic heterocycles. The van der Waals surface area contributed by atoms with Gasteiger partial charge in [0.05, 0.1) is 6.61 Å². The highest BCUT2D eigenvalue weighted by atomic mass is 19.4. The van der Waals surface area contributed by atoms with E-state index in [1.807, 2.05) is 17.7 Å². The maximum atomic E-state index is 12.1. The van der Waals surface area contributed by atoms with Crippen LogP contribution in [0.15, 0.2) is 12.4 Å². The number of hydrogen-bond donors (Lipinski definition) is 1. The van der Waals surface area contributed by atoms with Gasteiger partial charge in [0.2, 0.25) is 0 Å². The minimum Gasteiger partial charge on any atom is -0.370 e. The molecule has 1 aromatic heterocycles. The lowest BCUT2D eigenvalue weighted by molar-refractivity contribution is -0.175. The van der Waals surface area contributed by atoms with Crippen molar-refractivity contribution in [3.8, 4) is 0 Å². The first-order valence-electron chi connectivity index (χ1n) is 6.84. The van der Waals surface area contributed by atoms with Crippen molar-refractivity contribution in [3.05, 3.63) is 18.2 Å². The van der Waals surface area contributed by atoms with Gasteiger partial charge in [-0.2, -0.15) is 13.2 Å². The van der Waals surface area contributed by atoms with Crippen molar-refractivity contribution in [2.75, 3.05) is 19.8 Å². The van der Waals surface area contributed by atoms with Gasteiger partial charge in [0.1, 0.15) is 12.4 Å². The van der Waals surface area contributed by atoms with Gasteiger partial charge in [0.15, 0.2) is 0 Å². The van der Waals surface area contributed by atoms with Crippen LogP contribution in [0.25, 0.3) is 0 Å². The number of alkyl halides is 3. The van der Waals surface area contributed by atoms with Crippen LogP contribution in [0.2, 0.25) is 0 Å². The van der Waals surface area contributed by atoms with Gasteiger partial charge < -0.3 is 14.6 Å². The molecule has 116 valence electrons. The Morgan fingerprint density at radius 3 is 2.75 bits per heavy atom. The molecule has 7 heteroatoms. The fourth-order valence-corrected chi connectivity index (χ4v) is 1.99. The van der Waals surface area contributed by atoms with Gasteiger partial charge in [-0.05, 0) is 13.0 Å². The standard InChI is InChI=1S/C13H22F3N3O/c1-3-6-19-7-5-18-12(19)8-11(17-4-2)9-20-10-13(14,15)16/h5,7,11,17H,3-4,6,8-10H2,1-2H3. The van der Waals surface area contributed by atoms with E-state index in [2.05, 4.69) is 17.2 Å². The van der Waals surface area contributed by atoms with Gasteiger partial charge in [-0.15, -0.1) is 0 Å². The largest absolute Gasteiger partial charge is 0.411 e. The monoisotopic (exact) mass is 293 g/mol. The number of likely N-dealkylation sites (N-methyl/N-ethyl adjacent to an activating group) is 1. The van der Waals surface area contributed by atoms with Crippen LogP contribution in [0.5, 0.6) is 0 Å². The minimum atomic E-state index is -4.28. The molecule has 0 radical (unpaired) electrons. The SMILES string of the molecule is CCCn1ccnc1CC(COCC(F)(F)F)NCC. The molecule has 0 spiro atoms. The molecular formula is C13H22F3N3O. The maximum Gasteiger partial charge on any atom is 0.411 e. The van der Waals surface area contributed by atoms with Crippen molar-refractivity contribution in [1.82, 2.24) is 14.9 Å². The van der Waals surface area contributed by atoms with Gasteiger partial charge in [-0.1, -0.05) is 13.8 Å². The van der Waals surface area contributed by atoms with Crippen molar-refractivity contribution in [1.29, 1.82) is 0 Å². The summed E-state index contributed by atoms with van der Waals surface area (Å²) in [6.45, 7) is 4.32. The lowest BCUT2D eigenvalue weighted by atomic mass is 10.2. The quantitative estimate of drug-likeness (QED) is 0.760. The van der Waals surface area contributed by atoms with Gasteiger partial charge >= 0.3 is 6.18 Å². The summed E-state index contributed by atoms with van der Waals surface area (Å²) < 4.78 is 43.0. The zero-order valence-electron chi connectivity index (χ0n) is 11.9. The predicted octanol–water partition coefficient (Wildman–Crippen LogP) is 2.39. The van der Waals surface area contributed by atoms with Gasteiger partial charge in [0, 0.05) is 31.4 Å². The van der Waals surface area contributed by atoms with E-state index in [0.29, 0.717) is 13.0 Å². The Bertz CT molecular complexity index is 379. The molecule has 1 N–H and O–H groups in total. The van der Waals surface area contributed by atoms with Crippen molar-refractivity contribution in [2.45, 2.75) is 45.5 Å². The van der Waals surface area contributed by atoms with E-state index in [-0.39, 0.29) is 12.6 Å². The van der Waals surface area contributed by atoms with Crippen LogP contribution in [-0.4, -0.2) is 41.5 Å². The molecule has 0 bridgehead atoms. The number of imidazole rings is 1. The summed E-state index contributed by atoms with van der Waals surface area (Å²) >= 11 is 0. The number of aromatic nitrogens is 2. The van der Waals surface area contributed by atoms with Crippen molar-refractivity contribution in [2.24, 2.45) is 0 Å². The average Bonchev–Trinajstić information content (AvgIpc) is 2.76. The first kappa shape index (κ1) is 17.0. The van der Waals surface area contributed by atoms with Crippen LogP contribution in [0.4, 0.5) is 13.2 Å². The summed E-state index contributed by atoms with van der Waals surface area (Å²) in [5, 5.41) is 3.13. The minimum absolute atomic E-state index is 0.0202. The van der Waals surface area contributed by atoms with Crippen LogP contribution >= 0.6 is 0 Å². The first-order valence-corrected chi connectivity index (χ1v) is 6.84. The fourth-order valence-electron chi connectivity index (χ4n) is 1.99. The number of nitrogens with one attached hydrogen (secondary N) is 1. The Kier molecular flexibility index (Phi) is 7.01. The average molecular weight is 293 g/mol. The second-order valence-corrected chi connectivity index (χ2v) is 4.63. The summed E-state index contributed by atoms with van der Waals surface area (Å²) in [4.78, 5) is 4.26. The van der Waals surface area contributed by atoms with Crippen LogP contribution < -0.4 is 5.32 Å². The third-order valence-corrected chi connectivity index (χ3v) is 2.77. The van der Waals surface area contributed by atoms with Crippen molar-refractivity contribution >= 4 is 0 Å². The van der Waals surface area contributed by atoms with E-state index in [0.717, 1.165) is 18.8 Å². The first-order chi connectivity index (χ1) is 9.46. The molecule has 4 nitrogen and oxygen atoms in total. The molecule has 0 saturated carbocycles. The lowest BCUT2D eigenvalue weighted by Gasteiger charge is -2.19. The third kappa shape index (κ3) is 6.38. The Labute approximate surface area is 117 Å². The molecule has 0 saturated heterocycles. The van der Waals surface area contributed by atoms with Gasteiger partial charge in [-0.25, -0.2) is 4.98 Å². The normalized spacial score (nSPS) is 13.7. The molecule has 0 aliphatic carbocycles. The second-order valence-electron chi connectivity index (χ2n) is 4.63. The molecule has 1 unspecified atom stereocenters. The summed E-state index contributed by atoms with van der Waals surface area (Å²) in [5.41, 5.74) is 0. The van der Waals surface area contributed by atoms with E-state index in [9.17, 15) is 13.2 Å². The molecule has 0 amide bonds. The molecule has 0 aliphatic rings. The number of nitrogens with zero attached hydrogens (tertiary/aromatic N) is 2. The Balaban J connectivity index is 2.51. The number of rotatable bonds is 9. The number of halogens is 3. The predicted molar refractivity (Wildman–Crippen MR) is 70.6 cm³/mol. The molecule has 0 aromatic carbocycles. The van der Waals surface area contributed by atoms with E-state index in [4.69, 9.17) is 4.74 Å². The number of hydrogen-bond acceptors (Lipinski definition) is 3. The highest BCUT2D eigenvalue weighted by Crippen LogP contribution is 2.14. The zero-order valence-corrected chi connectivity index (χ0v) is 11.9. The highest BCUT2D eigenvalue weighted by Gasteiger charge is 2.28. The van der Waals surface area contributed by atoms with E-state index < -0.39 is 12.8 Å². The molecule has 1 atom stereocenters. The zero-order chi connectivity index (χ0) is 15.0. The summed E-state index contributed by atoms with van der Waals surface area (Å²) in [6.07, 6.45) is 0.860. The van der Waals surface area contributed by atoms with E-state index in [1.165, 1.54) is 0 Å². The Morgan fingerprint density at radius 1 is 1.40 bits per heavy atom. The molecule has 1 rings (SSSR count). The van der Waals surface area contributed by atoms with Crippen LogP contribution in [-0.2, 0) is 17.7 Å². The van der Waals surface area contributed by atoms with E-state index in [1.54, 1.807) is 6.20 Å². The van der Waals surface area contributed by atoms with Gasteiger partial charge in [0.25, 0.3) is 0 Å².